The third-order valence-electron chi connectivity index (χ3n) is 2.09. The Balaban J connectivity index is 2.44. The van der Waals surface area contributed by atoms with Crippen LogP contribution in [-0.4, -0.2) is 22.5 Å². The van der Waals surface area contributed by atoms with Crippen LogP contribution in [0, 0.1) is 11.3 Å². The molecule has 0 aromatic carbocycles. The number of esters is 1. The summed E-state index contributed by atoms with van der Waals surface area (Å²) in [5, 5.41) is 9.43. The zero-order chi connectivity index (χ0) is 11.5. The molecule has 0 aliphatic rings. The Morgan fingerprint density at radius 2 is 2.44 bits per heavy atom. The van der Waals surface area contributed by atoms with Gasteiger partial charge in [0.25, 0.3) is 0 Å². The first-order chi connectivity index (χ1) is 7.74. The fourth-order valence-electron chi connectivity index (χ4n) is 1.40. The van der Waals surface area contributed by atoms with Crippen LogP contribution in [0.25, 0.3) is 11.0 Å². The van der Waals surface area contributed by atoms with Gasteiger partial charge in [-0.3, -0.25) is 0 Å². The third-order valence-corrected chi connectivity index (χ3v) is 2.09. The molecular weight excluding hydrogens is 206 g/mol. The zero-order valence-corrected chi connectivity index (χ0v) is 8.65. The molecule has 0 saturated carbocycles. The highest BCUT2D eigenvalue weighted by molar-refractivity contribution is 5.93. The fourth-order valence-corrected chi connectivity index (χ4v) is 1.40. The number of aromatic nitrogens is 2. The number of hydrogen-bond acceptors (Lipinski definition) is 4. The number of H-pyrrole nitrogens is 1. The lowest BCUT2D eigenvalue weighted by Crippen LogP contribution is -2.04. The van der Waals surface area contributed by atoms with Gasteiger partial charge in [0.05, 0.1) is 12.2 Å². The van der Waals surface area contributed by atoms with Crippen LogP contribution in [0.5, 0.6) is 0 Å². The van der Waals surface area contributed by atoms with Crippen molar-refractivity contribution in [2.45, 2.75) is 6.92 Å². The number of ether oxygens (including phenoxy) is 1. The van der Waals surface area contributed by atoms with Gasteiger partial charge >= 0.3 is 5.97 Å². The second-order valence-corrected chi connectivity index (χ2v) is 3.18. The number of pyridine rings is 1. The molecule has 2 aromatic rings. The standard InChI is InChI=1S/C11H9N3O2/c1-2-16-11(15)9-4-8-3-7(5-12)6-13-10(8)14-9/h3-4,6H,2H2,1H3,(H,13,14). The minimum Gasteiger partial charge on any atom is -0.461 e. The number of nitrogens with zero attached hydrogens (tertiary/aromatic N) is 2. The third kappa shape index (κ3) is 1.73. The molecule has 0 radical (unpaired) electrons. The number of fused-ring (bicyclic) bond motifs is 1. The van der Waals surface area contributed by atoms with Crippen molar-refractivity contribution in [3.63, 3.8) is 0 Å². The van der Waals surface area contributed by atoms with E-state index in [4.69, 9.17) is 10.00 Å². The maximum absolute atomic E-state index is 11.4. The molecule has 2 aromatic heterocycles. The monoisotopic (exact) mass is 215 g/mol. The summed E-state index contributed by atoms with van der Waals surface area (Å²) in [6.07, 6.45) is 1.45. The second-order valence-electron chi connectivity index (χ2n) is 3.18. The molecule has 1 N–H and O–H groups in total. The van der Waals surface area contributed by atoms with Gasteiger partial charge in [0.2, 0.25) is 0 Å². The van der Waals surface area contributed by atoms with E-state index in [-0.39, 0.29) is 0 Å². The molecule has 80 valence electrons. The van der Waals surface area contributed by atoms with Crippen LogP contribution < -0.4 is 0 Å². The van der Waals surface area contributed by atoms with Crippen LogP contribution in [0.15, 0.2) is 18.3 Å². The lowest BCUT2D eigenvalue weighted by molar-refractivity contribution is 0.0520. The van der Waals surface area contributed by atoms with Gasteiger partial charge in [0.1, 0.15) is 17.4 Å². The van der Waals surface area contributed by atoms with Crippen LogP contribution in [0.3, 0.4) is 0 Å². The Morgan fingerprint density at radius 1 is 1.62 bits per heavy atom. The molecule has 5 nitrogen and oxygen atoms in total. The Bertz CT molecular complexity index is 580. The summed E-state index contributed by atoms with van der Waals surface area (Å²) in [7, 11) is 0. The smallest absolute Gasteiger partial charge is 0.354 e. The van der Waals surface area contributed by atoms with E-state index < -0.39 is 5.97 Å². The molecule has 2 heterocycles. The lowest BCUT2D eigenvalue weighted by atomic mass is 10.2. The molecular formula is C11H9N3O2. The molecule has 5 heteroatoms. The normalized spacial score (nSPS) is 10.0. The maximum atomic E-state index is 11.4. The van der Waals surface area contributed by atoms with Gasteiger partial charge in [0.15, 0.2) is 0 Å². The first kappa shape index (κ1) is 10.2. The summed E-state index contributed by atoms with van der Waals surface area (Å²) in [5.41, 5.74) is 1.38. The van der Waals surface area contributed by atoms with E-state index in [0.717, 1.165) is 5.39 Å². The van der Waals surface area contributed by atoms with Gasteiger partial charge < -0.3 is 9.72 Å². The number of rotatable bonds is 2. The fraction of sp³-hybridized carbons (Fsp3) is 0.182. The quantitative estimate of drug-likeness (QED) is 0.772. The topological polar surface area (TPSA) is 78.8 Å². The number of nitrogens with one attached hydrogen (secondary N) is 1. The van der Waals surface area contributed by atoms with E-state index in [1.54, 1.807) is 19.1 Å². The van der Waals surface area contributed by atoms with Gasteiger partial charge in [-0.15, -0.1) is 0 Å². The minimum absolute atomic E-state index is 0.324. The number of aromatic amines is 1. The molecule has 0 amide bonds. The second kappa shape index (κ2) is 4.03. The number of carbonyl (C=O) groups excluding carboxylic acids is 1. The molecule has 0 spiro atoms. The molecule has 2 rings (SSSR count). The lowest BCUT2D eigenvalue weighted by Gasteiger charge is -1.96. The van der Waals surface area contributed by atoms with Crippen LogP contribution in [0.2, 0.25) is 0 Å². The van der Waals surface area contributed by atoms with Crippen molar-refractivity contribution in [2.75, 3.05) is 6.61 Å². The van der Waals surface area contributed by atoms with Crippen molar-refractivity contribution in [1.82, 2.24) is 9.97 Å². The van der Waals surface area contributed by atoms with Crippen molar-refractivity contribution < 1.29 is 9.53 Å². The molecule has 0 aliphatic heterocycles. The number of hydrogen-bond donors (Lipinski definition) is 1. The summed E-state index contributed by atoms with van der Waals surface area (Å²) < 4.78 is 4.85. The van der Waals surface area contributed by atoms with Gasteiger partial charge in [0, 0.05) is 11.6 Å². The summed E-state index contributed by atoms with van der Waals surface area (Å²) in [6, 6.07) is 5.28. The van der Waals surface area contributed by atoms with Crippen LogP contribution >= 0.6 is 0 Å². The van der Waals surface area contributed by atoms with Gasteiger partial charge in [-0.05, 0) is 19.1 Å². The molecule has 16 heavy (non-hydrogen) atoms. The SMILES string of the molecule is CCOC(=O)c1cc2cc(C#N)cnc2[nH]1. The van der Waals surface area contributed by atoms with Crippen LogP contribution in [-0.2, 0) is 4.74 Å². The number of nitriles is 1. The van der Waals surface area contributed by atoms with E-state index in [1.165, 1.54) is 6.20 Å². The summed E-state index contributed by atoms with van der Waals surface area (Å²) in [4.78, 5) is 18.3. The molecule has 0 unspecified atom stereocenters. The van der Waals surface area contributed by atoms with Crippen molar-refractivity contribution >= 4 is 17.0 Å². The van der Waals surface area contributed by atoms with E-state index in [2.05, 4.69) is 9.97 Å². The highest BCUT2D eigenvalue weighted by atomic mass is 16.5. The van der Waals surface area contributed by atoms with E-state index >= 15 is 0 Å². The Labute approximate surface area is 91.7 Å². The Morgan fingerprint density at radius 3 is 3.12 bits per heavy atom. The summed E-state index contributed by atoms with van der Waals surface area (Å²) in [5.74, 6) is -0.418. The van der Waals surface area contributed by atoms with Crippen molar-refractivity contribution in [2.24, 2.45) is 0 Å². The van der Waals surface area contributed by atoms with Crippen molar-refractivity contribution in [1.29, 1.82) is 5.26 Å². The molecule has 0 fully saturated rings. The first-order valence-electron chi connectivity index (χ1n) is 4.80. The van der Waals surface area contributed by atoms with Gasteiger partial charge in [-0.1, -0.05) is 0 Å². The molecule has 0 atom stereocenters. The average molecular weight is 215 g/mol. The van der Waals surface area contributed by atoms with Crippen molar-refractivity contribution in [3.05, 3.63) is 29.6 Å². The maximum Gasteiger partial charge on any atom is 0.354 e. The predicted molar refractivity (Wildman–Crippen MR) is 56.8 cm³/mol. The zero-order valence-electron chi connectivity index (χ0n) is 8.65. The van der Waals surface area contributed by atoms with Crippen LogP contribution in [0.1, 0.15) is 23.0 Å². The highest BCUT2D eigenvalue weighted by Crippen LogP contribution is 2.15. The van der Waals surface area contributed by atoms with Crippen LogP contribution in [0.4, 0.5) is 0 Å². The predicted octanol–water partition coefficient (Wildman–Crippen LogP) is 1.61. The van der Waals surface area contributed by atoms with Gasteiger partial charge in [-0.25, -0.2) is 9.78 Å². The Kier molecular flexibility index (Phi) is 2.56. The minimum atomic E-state index is -0.418. The van der Waals surface area contributed by atoms with E-state index in [9.17, 15) is 4.79 Å². The molecule has 0 aliphatic carbocycles. The largest absolute Gasteiger partial charge is 0.461 e. The Hall–Kier alpha value is -2.35. The van der Waals surface area contributed by atoms with Gasteiger partial charge in [-0.2, -0.15) is 5.26 Å². The number of carbonyl (C=O) groups is 1. The highest BCUT2D eigenvalue weighted by Gasteiger charge is 2.10. The summed E-state index contributed by atoms with van der Waals surface area (Å²) in [6.45, 7) is 2.07. The van der Waals surface area contributed by atoms with E-state index in [1.807, 2.05) is 6.07 Å². The van der Waals surface area contributed by atoms with E-state index in [0.29, 0.717) is 23.5 Å². The first-order valence-corrected chi connectivity index (χ1v) is 4.80. The summed E-state index contributed by atoms with van der Waals surface area (Å²) >= 11 is 0. The molecule has 0 saturated heterocycles. The van der Waals surface area contributed by atoms with Crippen molar-refractivity contribution in [3.8, 4) is 6.07 Å². The molecule has 0 bridgehead atoms. The average Bonchev–Trinajstić information content (AvgIpc) is 2.71.